The third-order valence-corrected chi connectivity index (χ3v) is 4.83. The number of tetrazole rings is 1. The van der Waals surface area contributed by atoms with Gasteiger partial charge >= 0.3 is 0 Å². The van der Waals surface area contributed by atoms with Crippen LogP contribution in [0.2, 0.25) is 0 Å². The molecule has 1 aromatic carbocycles. The maximum Gasteiger partial charge on any atom is 0.173 e. The van der Waals surface area contributed by atoms with E-state index in [-0.39, 0.29) is 11.9 Å². The van der Waals surface area contributed by atoms with Gasteiger partial charge in [0.2, 0.25) is 0 Å². The molecule has 1 aromatic heterocycles. The number of halogens is 1. The van der Waals surface area contributed by atoms with Gasteiger partial charge in [-0.25, -0.2) is 9.07 Å². The van der Waals surface area contributed by atoms with Crippen molar-refractivity contribution in [1.82, 2.24) is 30.0 Å². The van der Waals surface area contributed by atoms with Crippen LogP contribution in [-0.2, 0) is 6.54 Å². The zero-order valence-corrected chi connectivity index (χ0v) is 15.3. The number of piperazine rings is 1. The summed E-state index contributed by atoms with van der Waals surface area (Å²) in [7, 11) is 2.11. The molecule has 136 valence electrons. The number of hydrogen-bond acceptors (Lipinski definition) is 5. The van der Waals surface area contributed by atoms with Gasteiger partial charge in [-0.05, 0) is 35.9 Å². The third-order valence-electron chi connectivity index (χ3n) is 4.83. The second-order valence-electron chi connectivity index (χ2n) is 7.21. The van der Waals surface area contributed by atoms with Crippen LogP contribution < -0.4 is 0 Å². The highest BCUT2D eigenvalue weighted by Crippen LogP contribution is 2.29. The molecule has 1 atom stereocenters. The molecule has 1 saturated heterocycles. The van der Waals surface area contributed by atoms with Crippen molar-refractivity contribution in [2.24, 2.45) is 5.92 Å². The molecule has 2 heterocycles. The summed E-state index contributed by atoms with van der Waals surface area (Å²) in [6.45, 7) is 8.76. The summed E-state index contributed by atoms with van der Waals surface area (Å²) in [4.78, 5) is 4.58. The fourth-order valence-corrected chi connectivity index (χ4v) is 3.22. The molecule has 25 heavy (non-hydrogen) atoms. The lowest BCUT2D eigenvalue weighted by atomic mass is 10.0. The number of nitrogens with zero attached hydrogens (tertiary/aromatic N) is 6. The van der Waals surface area contributed by atoms with Gasteiger partial charge in [0.15, 0.2) is 5.82 Å². The Balaban J connectivity index is 1.95. The Morgan fingerprint density at radius 2 is 1.84 bits per heavy atom. The molecular formula is C18H27FN6. The number of aromatic nitrogens is 4. The molecule has 0 N–H and O–H groups in total. The van der Waals surface area contributed by atoms with Crippen LogP contribution >= 0.6 is 0 Å². The van der Waals surface area contributed by atoms with Gasteiger partial charge in [-0.15, -0.1) is 5.10 Å². The van der Waals surface area contributed by atoms with E-state index < -0.39 is 0 Å². The SMILES string of the molecule is CC(C)CCn1nnnc1[C@@H](c1ccccc1F)N1CCN(C)CC1. The van der Waals surface area contributed by atoms with Crippen LogP contribution in [0.4, 0.5) is 4.39 Å². The first-order chi connectivity index (χ1) is 12.1. The van der Waals surface area contributed by atoms with Crippen molar-refractivity contribution < 1.29 is 4.39 Å². The van der Waals surface area contributed by atoms with E-state index in [0.717, 1.165) is 45.0 Å². The second-order valence-corrected chi connectivity index (χ2v) is 7.21. The molecule has 0 amide bonds. The minimum absolute atomic E-state index is 0.204. The van der Waals surface area contributed by atoms with Gasteiger partial charge in [0.25, 0.3) is 0 Å². The summed E-state index contributed by atoms with van der Waals surface area (Å²) in [6.07, 6.45) is 0.991. The zero-order valence-electron chi connectivity index (χ0n) is 15.3. The molecule has 1 aliphatic heterocycles. The monoisotopic (exact) mass is 346 g/mol. The standard InChI is InChI=1S/C18H27FN6/c1-14(2)8-9-25-18(20-21-22-25)17(15-6-4-5-7-16(15)19)24-12-10-23(3)11-13-24/h4-7,14,17H,8-13H2,1-3H3/t17-/m1/s1. The van der Waals surface area contributed by atoms with Crippen molar-refractivity contribution in [3.8, 4) is 0 Å². The molecule has 0 aliphatic carbocycles. The highest BCUT2D eigenvalue weighted by molar-refractivity contribution is 5.26. The summed E-state index contributed by atoms with van der Waals surface area (Å²) in [6, 6.07) is 6.71. The van der Waals surface area contributed by atoms with Crippen LogP contribution in [0.15, 0.2) is 24.3 Å². The van der Waals surface area contributed by atoms with E-state index in [1.807, 2.05) is 16.8 Å². The van der Waals surface area contributed by atoms with Gasteiger partial charge < -0.3 is 4.90 Å². The zero-order chi connectivity index (χ0) is 17.8. The number of benzene rings is 1. The molecule has 0 spiro atoms. The van der Waals surface area contributed by atoms with Crippen molar-refractivity contribution in [3.05, 3.63) is 41.5 Å². The van der Waals surface area contributed by atoms with E-state index in [0.29, 0.717) is 11.5 Å². The van der Waals surface area contributed by atoms with Crippen molar-refractivity contribution in [3.63, 3.8) is 0 Å². The molecule has 2 aromatic rings. The van der Waals surface area contributed by atoms with Gasteiger partial charge in [-0.2, -0.15) is 0 Å². The Bertz CT molecular complexity index is 678. The number of aryl methyl sites for hydroxylation is 1. The second kappa shape index (κ2) is 8.01. The summed E-state index contributed by atoms with van der Waals surface area (Å²) in [5.74, 6) is 1.09. The molecular weight excluding hydrogens is 319 g/mol. The Morgan fingerprint density at radius 1 is 1.12 bits per heavy atom. The Hall–Kier alpha value is -1.86. The van der Waals surface area contributed by atoms with Crippen LogP contribution in [0.3, 0.4) is 0 Å². The van der Waals surface area contributed by atoms with Gasteiger partial charge in [-0.3, -0.25) is 4.90 Å². The topological polar surface area (TPSA) is 50.1 Å². The van der Waals surface area contributed by atoms with E-state index in [2.05, 4.69) is 46.2 Å². The highest BCUT2D eigenvalue weighted by atomic mass is 19.1. The fourth-order valence-electron chi connectivity index (χ4n) is 3.22. The summed E-state index contributed by atoms with van der Waals surface area (Å²) >= 11 is 0. The Labute approximate surface area is 148 Å². The van der Waals surface area contributed by atoms with E-state index in [1.165, 1.54) is 6.07 Å². The van der Waals surface area contributed by atoms with E-state index >= 15 is 0 Å². The lowest BCUT2D eigenvalue weighted by molar-refractivity contribution is 0.119. The molecule has 3 rings (SSSR count). The average Bonchev–Trinajstić information content (AvgIpc) is 3.05. The number of hydrogen-bond donors (Lipinski definition) is 0. The summed E-state index contributed by atoms with van der Waals surface area (Å²) in [5.41, 5.74) is 0.646. The summed E-state index contributed by atoms with van der Waals surface area (Å²) < 4.78 is 16.4. The third kappa shape index (κ3) is 4.22. The molecule has 0 unspecified atom stereocenters. The van der Waals surface area contributed by atoms with Gasteiger partial charge in [0.1, 0.15) is 11.9 Å². The van der Waals surface area contributed by atoms with E-state index in [4.69, 9.17) is 0 Å². The number of rotatable bonds is 6. The Morgan fingerprint density at radius 3 is 2.52 bits per heavy atom. The molecule has 7 heteroatoms. The smallest absolute Gasteiger partial charge is 0.173 e. The maximum absolute atomic E-state index is 14.6. The van der Waals surface area contributed by atoms with Crippen molar-refractivity contribution in [2.45, 2.75) is 32.9 Å². The maximum atomic E-state index is 14.6. The minimum atomic E-state index is -0.253. The highest BCUT2D eigenvalue weighted by Gasteiger charge is 2.31. The first kappa shape index (κ1) is 17.9. The van der Waals surface area contributed by atoms with E-state index in [1.54, 1.807) is 6.07 Å². The Kier molecular flexibility index (Phi) is 5.75. The van der Waals surface area contributed by atoms with Crippen molar-refractivity contribution >= 4 is 0 Å². The van der Waals surface area contributed by atoms with Gasteiger partial charge in [0.05, 0.1) is 0 Å². The van der Waals surface area contributed by atoms with Crippen LogP contribution in [-0.4, -0.2) is 63.2 Å². The largest absolute Gasteiger partial charge is 0.304 e. The molecule has 0 radical (unpaired) electrons. The summed E-state index contributed by atoms with van der Waals surface area (Å²) in [5, 5.41) is 12.3. The molecule has 1 aliphatic rings. The van der Waals surface area contributed by atoms with Crippen molar-refractivity contribution in [1.29, 1.82) is 0 Å². The quantitative estimate of drug-likeness (QED) is 0.802. The molecule has 0 bridgehead atoms. The minimum Gasteiger partial charge on any atom is -0.304 e. The van der Waals surface area contributed by atoms with E-state index in [9.17, 15) is 4.39 Å². The van der Waals surface area contributed by atoms with Gasteiger partial charge in [0, 0.05) is 38.3 Å². The van der Waals surface area contributed by atoms with Crippen LogP contribution in [0.1, 0.15) is 37.7 Å². The lowest BCUT2D eigenvalue weighted by Crippen LogP contribution is -2.47. The normalized spacial score (nSPS) is 18.0. The molecule has 0 saturated carbocycles. The van der Waals surface area contributed by atoms with Gasteiger partial charge in [-0.1, -0.05) is 32.0 Å². The van der Waals surface area contributed by atoms with Crippen LogP contribution in [0.5, 0.6) is 0 Å². The van der Waals surface area contributed by atoms with Crippen molar-refractivity contribution in [2.75, 3.05) is 33.2 Å². The lowest BCUT2D eigenvalue weighted by Gasteiger charge is -2.37. The number of likely N-dealkylation sites (N-methyl/N-ethyl adjacent to an activating group) is 1. The fraction of sp³-hybridized carbons (Fsp3) is 0.611. The average molecular weight is 346 g/mol. The first-order valence-corrected chi connectivity index (χ1v) is 8.99. The predicted molar refractivity (Wildman–Crippen MR) is 94.6 cm³/mol. The predicted octanol–water partition coefficient (Wildman–Crippen LogP) is 2.20. The van der Waals surface area contributed by atoms with Crippen LogP contribution in [0, 0.1) is 11.7 Å². The molecule has 6 nitrogen and oxygen atoms in total. The molecule has 1 fully saturated rings. The first-order valence-electron chi connectivity index (χ1n) is 8.99. The van der Waals surface area contributed by atoms with Crippen LogP contribution in [0.25, 0.3) is 0 Å².